The zero-order valence-electron chi connectivity index (χ0n) is 23.2. The van der Waals surface area contributed by atoms with Gasteiger partial charge in [-0.25, -0.2) is 4.98 Å². The Morgan fingerprint density at radius 3 is 2.09 bits per heavy atom. The van der Waals surface area contributed by atoms with Gasteiger partial charge >= 0.3 is 0 Å². The molecule has 2 aromatic heterocycles. The number of imidazole rings is 1. The van der Waals surface area contributed by atoms with Gasteiger partial charge in [-0.1, -0.05) is 98.2 Å². The lowest BCUT2D eigenvalue weighted by Crippen LogP contribution is -2.55. The third-order valence-electron chi connectivity index (χ3n) is 11.9. The molecule has 4 aromatic rings. The molecule has 0 fully saturated rings. The van der Waals surface area contributed by atoms with Gasteiger partial charge in [0.25, 0.3) is 0 Å². The van der Waals surface area contributed by atoms with Crippen LogP contribution >= 0.6 is 15.9 Å². The molecule has 0 spiro atoms. The zero-order valence-corrected chi connectivity index (χ0v) is 24.8. The lowest BCUT2D eigenvalue weighted by atomic mass is 9.47. The van der Waals surface area contributed by atoms with Crippen molar-refractivity contribution in [2.75, 3.05) is 0 Å². The van der Waals surface area contributed by atoms with Crippen molar-refractivity contribution >= 4 is 43.4 Å². The maximum atomic E-state index is 5.42. The molecule has 0 radical (unpaired) electrons. The molecular formula is C32H39BrN2. The van der Waals surface area contributed by atoms with Gasteiger partial charge in [0.05, 0.1) is 11.0 Å². The highest BCUT2D eigenvalue weighted by molar-refractivity contribution is 9.10. The lowest BCUT2D eigenvalue weighted by molar-refractivity contribution is -0.0103. The van der Waals surface area contributed by atoms with Crippen LogP contribution in [0.1, 0.15) is 104 Å². The van der Waals surface area contributed by atoms with Gasteiger partial charge in [0.15, 0.2) is 0 Å². The monoisotopic (exact) mass is 530 g/mol. The van der Waals surface area contributed by atoms with Crippen LogP contribution < -0.4 is 0 Å². The van der Waals surface area contributed by atoms with E-state index in [1.54, 1.807) is 5.56 Å². The summed E-state index contributed by atoms with van der Waals surface area (Å²) in [5.41, 5.74) is 9.81. The second-order valence-corrected chi connectivity index (χ2v) is 14.7. The van der Waals surface area contributed by atoms with E-state index in [2.05, 4.69) is 127 Å². The number of halogens is 1. The highest BCUT2D eigenvalue weighted by atomic mass is 79.9. The van der Waals surface area contributed by atoms with Crippen LogP contribution in [0.2, 0.25) is 0 Å². The van der Waals surface area contributed by atoms with Crippen molar-refractivity contribution in [2.45, 2.75) is 98.3 Å². The van der Waals surface area contributed by atoms with E-state index in [-0.39, 0.29) is 27.1 Å². The van der Waals surface area contributed by atoms with Crippen LogP contribution in [-0.4, -0.2) is 9.38 Å². The van der Waals surface area contributed by atoms with E-state index in [0.717, 1.165) is 15.6 Å². The van der Waals surface area contributed by atoms with Gasteiger partial charge < -0.3 is 0 Å². The number of hydrogen-bond donors (Lipinski definition) is 0. The number of rotatable bonds is 1. The van der Waals surface area contributed by atoms with Crippen molar-refractivity contribution in [2.24, 2.45) is 10.8 Å². The normalized spacial score (nSPS) is 25.3. The number of aromatic nitrogens is 2. The molecular weight excluding hydrogens is 492 g/mol. The summed E-state index contributed by atoms with van der Waals surface area (Å²) in [6.07, 6.45) is 2.26. The SMILES string of the molecule is CC(C)c1ccc(Br)c2ccn3c(nc4cc5c6c(c43)C(C)(C)C(C)(C)C6(C)C(C)(C)C5(C)C)c12. The maximum Gasteiger partial charge on any atom is 0.146 e. The van der Waals surface area contributed by atoms with Crippen molar-refractivity contribution in [1.82, 2.24) is 9.38 Å². The van der Waals surface area contributed by atoms with E-state index in [1.165, 1.54) is 33.0 Å². The first-order valence-electron chi connectivity index (χ1n) is 13.1. The predicted molar refractivity (Wildman–Crippen MR) is 153 cm³/mol. The molecule has 0 saturated carbocycles. The fourth-order valence-electron chi connectivity index (χ4n) is 8.16. The third kappa shape index (κ3) is 2.24. The Labute approximate surface area is 218 Å². The predicted octanol–water partition coefficient (Wildman–Crippen LogP) is 9.42. The Kier molecular flexibility index (Phi) is 4.26. The number of hydrogen-bond acceptors (Lipinski definition) is 1. The smallest absolute Gasteiger partial charge is 0.146 e. The number of nitrogens with zero attached hydrogens (tertiary/aromatic N) is 2. The van der Waals surface area contributed by atoms with Crippen LogP contribution in [0, 0.1) is 10.8 Å². The number of fused-ring (bicyclic) bond motifs is 6. The van der Waals surface area contributed by atoms with Crippen LogP contribution in [0.4, 0.5) is 0 Å². The first kappa shape index (κ1) is 23.5. The van der Waals surface area contributed by atoms with Crippen molar-refractivity contribution in [3.63, 3.8) is 0 Å². The molecule has 6 rings (SSSR count). The van der Waals surface area contributed by atoms with Crippen molar-refractivity contribution in [3.05, 3.63) is 57.2 Å². The fraction of sp³-hybridized carbons (Fsp3) is 0.531. The van der Waals surface area contributed by atoms with E-state index in [0.29, 0.717) is 5.92 Å². The van der Waals surface area contributed by atoms with Crippen LogP contribution in [0.3, 0.4) is 0 Å². The lowest BCUT2D eigenvalue weighted by Gasteiger charge is -2.56. The standard InChI is InChI=1S/C32H39BrN2/c1-17(2)18-12-13-21(33)19-14-15-35-26-22(34-27(35)23(18)19)16-20-24-25(26)29(5,6)31(9,10)32(24,11)30(7,8)28(20,3)4/h12-17H,1-11H3. The second kappa shape index (κ2) is 6.33. The minimum absolute atomic E-state index is 0.00217. The molecule has 2 aliphatic carbocycles. The Morgan fingerprint density at radius 2 is 1.46 bits per heavy atom. The first-order chi connectivity index (χ1) is 16.0. The molecule has 0 N–H and O–H groups in total. The Morgan fingerprint density at radius 1 is 0.829 bits per heavy atom. The molecule has 0 amide bonds. The van der Waals surface area contributed by atoms with E-state index in [9.17, 15) is 0 Å². The molecule has 3 heteroatoms. The van der Waals surface area contributed by atoms with E-state index >= 15 is 0 Å². The van der Waals surface area contributed by atoms with Gasteiger partial charge in [-0.05, 0) is 68.0 Å². The molecule has 2 heterocycles. The Balaban J connectivity index is 1.89. The summed E-state index contributed by atoms with van der Waals surface area (Å²) in [6, 6.07) is 9.18. The average Bonchev–Trinajstić information content (AvgIpc) is 3.23. The molecule has 2 aromatic carbocycles. The first-order valence-corrected chi connectivity index (χ1v) is 13.9. The second-order valence-electron chi connectivity index (χ2n) is 13.9. The molecule has 0 aliphatic heterocycles. The van der Waals surface area contributed by atoms with Crippen molar-refractivity contribution < 1.29 is 0 Å². The van der Waals surface area contributed by atoms with E-state index < -0.39 is 0 Å². The molecule has 0 saturated heterocycles. The molecule has 35 heavy (non-hydrogen) atoms. The third-order valence-corrected chi connectivity index (χ3v) is 12.6. The largest absolute Gasteiger partial charge is 0.299 e. The fourth-order valence-corrected chi connectivity index (χ4v) is 8.63. The van der Waals surface area contributed by atoms with Gasteiger partial charge in [-0.2, -0.15) is 0 Å². The minimum Gasteiger partial charge on any atom is -0.299 e. The number of benzene rings is 2. The van der Waals surface area contributed by atoms with Gasteiger partial charge in [0, 0.05) is 26.9 Å². The highest BCUT2D eigenvalue weighted by Gasteiger charge is 2.72. The maximum absolute atomic E-state index is 5.42. The van der Waals surface area contributed by atoms with Crippen LogP contribution in [-0.2, 0) is 16.2 Å². The van der Waals surface area contributed by atoms with Crippen molar-refractivity contribution in [3.8, 4) is 0 Å². The van der Waals surface area contributed by atoms with Gasteiger partial charge in [0.1, 0.15) is 5.65 Å². The van der Waals surface area contributed by atoms with Crippen LogP contribution in [0.25, 0.3) is 27.5 Å². The topological polar surface area (TPSA) is 17.3 Å². The van der Waals surface area contributed by atoms with Crippen LogP contribution in [0.15, 0.2) is 34.9 Å². The van der Waals surface area contributed by atoms with Gasteiger partial charge in [0.2, 0.25) is 0 Å². The molecule has 184 valence electrons. The summed E-state index contributed by atoms with van der Waals surface area (Å²) in [5, 5.41) is 2.52. The van der Waals surface area contributed by atoms with Crippen molar-refractivity contribution in [1.29, 1.82) is 0 Å². The van der Waals surface area contributed by atoms with E-state index in [4.69, 9.17) is 4.98 Å². The summed E-state index contributed by atoms with van der Waals surface area (Å²) in [6.45, 7) is 27.0. The van der Waals surface area contributed by atoms with Crippen LogP contribution in [0.5, 0.6) is 0 Å². The molecule has 2 nitrogen and oxygen atoms in total. The summed E-state index contributed by atoms with van der Waals surface area (Å²) in [5.74, 6) is 0.426. The average molecular weight is 532 g/mol. The summed E-state index contributed by atoms with van der Waals surface area (Å²) < 4.78 is 3.54. The molecule has 1 atom stereocenters. The van der Waals surface area contributed by atoms with Gasteiger partial charge in [-0.3, -0.25) is 4.40 Å². The van der Waals surface area contributed by atoms with E-state index in [1.807, 2.05) is 0 Å². The minimum atomic E-state index is 0.00217. The number of pyridine rings is 1. The summed E-state index contributed by atoms with van der Waals surface area (Å²) in [4.78, 5) is 5.42. The molecule has 0 bridgehead atoms. The Hall–Kier alpha value is -1.87. The Bertz CT molecular complexity index is 1600. The quantitative estimate of drug-likeness (QED) is 0.239. The zero-order chi connectivity index (χ0) is 25.7. The highest BCUT2D eigenvalue weighted by Crippen LogP contribution is 2.76. The molecule has 1 unspecified atom stereocenters. The summed E-state index contributed by atoms with van der Waals surface area (Å²) >= 11 is 3.82. The molecule has 2 aliphatic rings. The van der Waals surface area contributed by atoms with Gasteiger partial charge in [-0.15, -0.1) is 0 Å². The summed E-state index contributed by atoms with van der Waals surface area (Å²) in [7, 11) is 0.